The molecule has 16 heavy (non-hydrogen) atoms. The number of nitrogens with one attached hydrogen (secondary N) is 1. The lowest BCUT2D eigenvalue weighted by atomic mass is 10.0. The fourth-order valence-corrected chi connectivity index (χ4v) is 1.86. The SMILES string of the molecule is Cn1cc(C(NN)c2cccc(Cl)c2)cn1. The van der Waals surface area contributed by atoms with Crippen LogP contribution in [0.5, 0.6) is 0 Å². The Bertz CT molecular complexity index is 480. The summed E-state index contributed by atoms with van der Waals surface area (Å²) >= 11 is 5.95. The van der Waals surface area contributed by atoms with Crippen molar-refractivity contribution in [2.75, 3.05) is 0 Å². The zero-order valence-electron chi connectivity index (χ0n) is 8.89. The summed E-state index contributed by atoms with van der Waals surface area (Å²) in [5.41, 5.74) is 4.79. The number of hydrazine groups is 1. The van der Waals surface area contributed by atoms with Gasteiger partial charge in [-0.2, -0.15) is 5.10 Å². The third-order valence-electron chi connectivity index (χ3n) is 2.41. The lowest BCUT2D eigenvalue weighted by molar-refractivity contribution is 0.636. The minimum absolute atomic E-state index is 0.0904. The minimum atomic E-state index is -0.0904. The van der Waals surface area contributed by atoms with Gasteiger partial charge >= 0.3 is 0 Å². The molecule has 0 bridgehead atoms. The van der Waals surface area contributed by atoms with Crippen LogP contribution in [0.4, 0.5) is 0 Å². The van der Waals surface area contributed by atoms with Crippen molar-refractivity contribution in [1.82, 2.24) is 15.2 Å². The maximum atomic E-state index is 5.95. The molecule has 1 unspecified atom stereocenters. The van der Waals surface area contributed by atoms with E-state index in [1.54, 1.807) is 10.9 Å². The van der Waals surface area contributed by atoms with Crippen LogP contribution in [-0.2, 0) is 7.05 Å². The summed E-state index contributed by atoms with van der Waals surface area (Å²) in [5.74, 6) is 5.57. The molecule has 0 saturated carbocycles. The number of hydrogen-bond donors (Lipinski definition) is 2. The number of halogens is 1. The smallest absolute Gasteiger partial charge is 0.0741 e. The van der Waals surface area contributed by atoms with E-state index in [0.717, 1.165) is 11.1 Å². The largest absolute Gasteiger partial charge is 0.275 e. The molecular formula is C11H13ClN4. The summed E-state index contributed by atoms with van der Waals surface area (Å²) in [5, 5.41) is 4.82. The number of aromatic nitrogens is 2. The lowest BCUT2D eigenvalue weighted by Crippen LogP contribution is -2.28. The number of aryl methyl sites for hydroxylation is 1. The first-order chi connectivity index (χ1) is 7.70. The summed E-state index contributed by atoms with van der Waals surface area (Å²) in [6.45, 7) is 0. The van der Waals surface area contributed by atoms with Gasteiger partial charge in [-0.1, -0.05) is 23.7 Å². The molecular weight excluding hydrogens is 224 g/mol. The normalized spacial score (nSPS) is 12.7. The Hall–Kier alpha value is -1.36. The molecule has 0 aliphatic rings. The standard InChI is InChI=1S/C11H13ClN4/c1-16-7-9(6-14-16)11(15-13)8-3-2-4-10(12)5-8/h2-7,11,15H,13H2,1H3. The Morgan fingerprint density at radius 3 is 2.81 bits per heavy atom. The number of nitrogens with zero attached hydrogens (tertiary/aromatic N) is 2. The summed E-state index contributed by atoms with van der Waals surface area (Å²) in [6, 6.07) is 7.51. The highest BCUT2D eigenvalue weighted by Gasteiger charge is 2.13. The van der Waals surface area contributed by atoms with E-state index in [4.69, 9.17) is 17.4 Å². The van der Waals surface area contributed by atoms with Crippen LogP contribution < -0.4 is 11.3 Å². The average Bonchev–Trinajstić information content (AvgIpc) is 2.66. The van der Waals surface area contributed by atoms with Gasteiger partial charge in [-0.3, -0.25) is 10.5 Å². The van der Waals surface area contributed by atoms with Gasteiger partial charge in [-0.25, -0.2) is 5.43 Å². The van der Waals surface area contributed by atoms with Gasteiger partial charge in [0.1, 0.15) is 0 Å². The van der Waals surface area contributed by atoms with E-state index in [1.807, 2.05) is 37.5 Å². The van der Waals surface area contributed by atoms with E-state index in [9.17, 15) is 0 Å². The van der Waals surface area contributed by atoms with E-state index in [-0.39, 0.29) is 6.04 Å². The number of rotatable bonds is 3. The first kappa shape index (κ1) is 11.1. The molecule has 3 N–H and O–H groups in total. The second-order valence-electron chi connectivity index (χ2n) is 3.60. The van der Waals surface area contributed by atoms with Crippen molar-refractivity contribution in [3.8, 4) is 0 Å². The van der Waals surface area contributed by atoms with Crippen molar-refractivity contribution in [3.05, 3.63) is 52.8 Å². The molecule has 0 radical (unpaired) electrons. The molecule has 2 aromatic rings. The van der Waals surface area contributed by atoms with Gasteiger partial charge in [-0.05, 0) is 17.7 Å². The van der Waals surface area contributed by atoms with Crippen LogP contribution in [0.25, 0.3) is 0 Å². The number of benzene rings is 1. The maximum Gasteiger partial charge on any atom is 0.0741 e. The predicted molar refractivity (Wildman–Crippen MR) is 63.8 cm³/mol. The Kier molecular flexibility index (Phi) is 3.24. The van der Waals surface area contributed by atoms with Crippen LogP contribution in [-0.4, -0.2) is 9.78 Å². The monoisotopic (exact) mass is 236 g/mol. The molecule has 1 aromatic carbocycles. The van der Waals surface area contributed by atoms with Crippen LogP contribution in [0.1, 0.15) is 17.2 Å². The average molecular weight is 237 g/mol. The molecule has 0 spiro atoms. The third-order valence-corrected chi connectivity index (χ3v) is 2.64. The highest BCUT2D eigenvalue weighted by molar-refractivity contribution is 6.30. The van der Waals surface area contributed by atoms with Crippen LogP contribution in [0.3, 0.4) is 0 Å². The molecule has 0 aliphatic heterocycles. The van der Waals surface area contributed by atoms with Crippen molar-refractivity contribution in [3.63, 3.8) is 0 Å². The van der Waals surface area contributed by atoms with Crippen molar-refractivity contribution in [2.45, 2.75) is 6.04 Å². The highest BCUT2D eigenvalue weighted by atomic mass is 35.5. The second-order valence-corrected chi connectivity index (χ2v) is 4.04. The Labute approximate surface area is 99.0 Å². The van der Waals surface area contributed by atoms with Crippen molar-refractivity contribution in [2.24, 2.45) is 12.9 Å². The molecule has 2 rings (SSSR count). The van der Waals surface area contributed by atoms with E-state index < -0.39 is 0 Å². The predicted octanol–water partition coefficient (Wildman–Crippen LogP) is 1.63. The van der Waals surface area contributed by atoms with Crippen molar-refractivity contribution in [1.29, 1.82) is 0 Å². The molecule has 0 amide bonds. The molecule has 0 saturated heterocycles. The van der Waals surface area contributed by atoms with E-state index in [2.05, 4.69) is 10.5 Å². The zero-order valence-corrected chi connectivity index (χ0v) is 9.65. The highest BCUT2D eigenvalue weighted by Crippen LogP contribution is 2.23. The summed E-state index contributed by atoms with van der Waals surface area (Å²) in [4.78, 5) is 0. The molecule has 0 aliphatic carbocycles. The molecule has 84 valence electrons. The second kappa shape index (κ2) is 4.65. The molecule has 1 heterocycles. The van der Waals surface area contributed by atoms with Crippen LogP contribution >= 0.6 is 11.6 Å². The fraction of sp³-hybridized carbons (Fsp3) is 0.182. The Morgan fingerprint density at radius 1 is 1.44 bits per heavy atom. The molecule has 4 nitrogen and oxygen atoms in total. The Balaban J connectivity index is 2.36. The van der Waals surface area contributed by atoms with E-state index in [1.165, 1.54) is 0 Å². The molecule has 1 atom stereocenters. The van der Waals surface area contributed by atoms with Crippen LogP contribution in [0.15, 0.2) is 36.7 Å². The topological polar surface area (TPSA) is 55.9 Å². The number of hydrogen-bond acceptors (Lipinski definition) is 3. The summed E-state index contributed by atoms with van der Waals surface area (Å²) in [6.07, 6.45) is 3.71. The van der Waals surface area contributed by atoms with Gasteiger partial charge < -0.3 is 0 Å². The lowest BCUT2D eigenvalue weighted by Gasteiger charge is -2.14. The van der Waals surface area contributed by atoms with Crippen LogP contribution in [0, 0.1) is 0 Å². The Morgan fingerprint density at radius 2 is 2.25 bits per heavy atom. The summed E-state index contributed by atoms with van der Waals surface area (Å²) in [7, 11) is 1.87. The van der Waals surface area contributed by atoms with Gasteiger partial charge in [0.15, 0.2) is 0 Å². The zero-order chi connectivity index (χ0) is 11.5. The maximum absolute atomic E-state index is 5.95. The van der Waals surface area contributed by atoms with E-state index in [0.29, 0.717) is 5.02 Å². The molecule has 5 heteroatoms. The van der Waals surface area contributed by atoms with Crippen LogP contribution in [0.2, 0.25) is 5.02 Å². The fourth-order valence-electron chi connectivity index (χ4n) is 1.66. The van der Waals surface area contributed by atoms with Gasteiger partial charge in [-0.15, -0.1) is 0 Å². The molecule has 0 fully saturated rings. The van der Waals surface area contributed by atoms with Crippen molar-refractivity contribution >= 4 is 11.6 Å². The third kappa shape index (κ3) is 2.24. The van der Waals surface area contributed by atoms with E-state index >= 15 is 0 Å². The summed E-state index contributed by atoms with van der Waals surface area (Å²) < 4.78 is 1.74. The minimum Gasteiger partial charge on any atom is -0.275 e. The van der Waals surface area contributed by atoms with Gasteiger partial charge in [0.2, 0.25) is 0 Å². The van der Waals surface area contributed by atoms with Crippen molar-refractivity contribution < 1.29 is 0 Å². The van der Waals surface area contributed by atoms with Gasteiger partial charge in [0.25, 0.3) is 0 Å². The van der Waals surface area contributed by atoms with Gasteiger partial charge in [0, 0.05) is 23.8 Å². The van der Waals surface area contributed by atoms with Gasteiger partial charge in [0.05, 0.1) is 12.2 Å². The molecule has 1 aromatic heterocycles. The first-order valence-corrected chi connectivity index (χ1v) is 5.28. The quantitative estimate of drug-likeness (QED) is 0.629. The number of nitrogens with two attached hydrogens (primary N) is 1. The first-order valence-electron chi connectivity index (χ1n) is 4.91.